The fourth-order valence-corrected chi connectivity index (χ4v) is 1.68. The van der Waals surface area contributed by atoms with Gasteiger partial charge < -0.3 is 9.47 Å². The molecule has 0 fully saturated rings. The third-order valence-electron chi connectivity index (χ3n) is 3.06. The summed E-state index contributed by atoms with van der Waals surface area (Å²) in [7, 11) is 0. The monoisotopic (exact) mass is 244 g/mol. The van der Waals surface area contributed by atoms with Crippen molar-refractivity contribution in [3.05, 3.63) is 0 Å². The lowest BCUT2D eigenvalue weighted by atomic mass is 10.00. The van der Waals surface area contributed by atoms with Crippen molar-refractivity contribution in [2.45, 2.75) is 72.3 Å². The van der Waals surface area contributed by atoms with Gasteiger partial charge in [-0.25, -0.2) is 4.79 Å². The van der Waals surface area contributed by atoms with Crippen LogP contribution in [0.25, 0.3) is 0 Å². The predicted molar refractivity (Wildman–Crippen MR) is 70.1 cm³/mol. The molecule has 0 aromatic heterocycles. The zero-order valence-electron chi connectivity index (χ0n) is 11.8. The molecule has 0 aliphatic heterocycles. The molecule has 0 unspecified atom stereocenters. The number of unbranched alkanes of at least 4 members (excludes halogenated alkanes) is 2. The second kappa shape index (κ2) is 10.4. The Balaban J connectivity index is 3.38. The summed E-state index contributed by atoms with van der Waals surface area (Å²) in [5.41, 5.74) is 0. The lowest BCUT2D eigenvalue weighted by Gasteiger charge is -2.13. The minimum Gasteiger partial charge on any atom is -0.435 e. The molecule has 0 N–H and O–H groups in total. The lowest BCUT2D eigenvalue weighted by molar-refractivity contribution is 0.0289. The highest BCUT2D eigenvalue weighted by Crippen LogP contribution is 2.14. The number of carbonyl (C=O) groups is 1. The van der Waals surface area contributed by atoms with Crippen molar-refractivity contribution in [1.82, 2.24) is 0 Å². The van der Waals surface area contributed by atoms with E-state index in [2.05, 4.69) is 13.8 Å². The second-order valence-corrected chi connectivity index (χ2v) is 4.76. The smallest absolute Gasteiger partial charge is 0.435 e. The quantitative estimate of drug-likeness (QED) is 0.441. The summed E-state index contributed by atoms with van der Waals surface area (Å²) in [6.45, 7) is 8.61. The van der Waals surface area contributed by atoms with Gasteiger partial charge in [0.25, 0.3) is 0 Å². The topological polar surface area (TPSA) is 35.5 Å². The number of rotatable bonds is 9. The van der Waals surface area contributed by atoms with Gasteiger partial charge in [0.05, 0.1) is 6.61 Å². The minimum absolute atomic E-state index is 0.0300. The average molecular weight is 244 g/mol. The molecule has 0 aromatic rings. The first-order chi connectivity index (χ1) is 8.10. The maximum atomic E-state index is 11.0. The normalized spacial score (nSPS) is 14.1. The summed E-state index contributed by atoms with van der Waals surface area (Å²) in [6.07, 6.45) is 6.56. The van der Waals surface area contributed by atoms with E-state index in [1.165, 1.54) is 25.7 Å². The average Bonchev–Trinajstić information content (AvgIpc) is 2.28. The van der Waals surface area contributed by atoms with E-state index in [9.17, 15) is 4.79 Å². The van der Waals surface area contributed by atoms with Crippen LogP contribution >= 0.6 is 0 Å². The van der Waals surface area contributed by atoms with Gasteiger partial charge in [-0.05, 0) is 32.6 Å². The number of ether oxygens (including phenoxy) is 2. The molecule has 0 saturated carbocycles. The van der Waals surface area contributed by atoms with E-state index in [0.717, 1.165) is 18.8 Å². The summed E-state index contributed by atoms with van der Waals surface area (Å²) < 4.78 is 9.80. The van der Waals surface area contributed by atoms with Crippen LogP contribution < -0.4 is 0 Å². The predicted octanol–water partition coefficient (Wildman–Crippen LogP) is 4.54. The van der Waals surface area contributed by atoms with Crippen LogP contribution in [0.3, 0.4) is 0 Å². The minimum atomic E-state index is -0.542. The molecule has 0 aliphatic rings. The zero-order chi connectivity index (χ0) is 13.1. The zero-order valence-corrected chi connectivity index (χ0v) is 11.8. The Hall–Kier alpha value is -0.730. The first kappa shape index (κ1) is 16.3. The molecule has 0 radical (unpaired) electrons. The molecule has 2 atom stereocenters. The third kappa shape index (κ3) is 10.2. The van der Waals surface area contributed by atoms with Crippen molar-refractivity contribution in [3.8, 4) is 0 Å². The SMILES string of the molecule is CCOC(=O)O[C@H](C)CCCCC[C@H](C)CC. The fourth-order valence-electron chi connectivity index (χ4n) is 1.68. The van der Waals surface area contributed by atoms with Gasteiger partial charge in [-0.3, -0.25) is 0 Å². The summed E-state index contributed by atoms with van der Waals surface area (Å²) >= 11 is 0. The molecule has 0 aliphatic carbocycles. The Morgan fingerprint density at radius 3 is 2.29 bits per heavy atom. The van der Waals surface area contributed by atoms with Crippen LogP contribution in [0.5, 0.6) is 0 Å². The van der Waals surface area contributed by atoms with E-state index >= 15 is 0 Å². The van der Waals surface area contributed by atoms with Crippen LogP contribution in [0.15, 0.2) is 0 Å². The largest absolute Gasteiger partial charge is 0.508 e. The van der Waals surface area contributed by atoms with Crippen molar-refractivity contribution >= 4 is 6.16 Å². The third-order valence-corrected chi connectivity index (χ3v) is 3.06. The molecule has 0 aromatic carbocycles. The van der Waals surface area contributed by atoms with E-state index in [1.54, 1.807) is 6.92 Å². The highest BCUT2D eigenvalue weighted by Gasteiger charge is 2.09. The highest BCUT2D eigenvalue weighted by molar-refractivity contribution is 5.59. The van der Waals surface area contributed by atoms with E-state index in [4.69, 9.17) is 9.47 Å². The Labute approximate surface area is 106 Å². The molecule has 0 saturated heterocycles. The van der Waals surface area contributed by atoms with E-state index < -0.39 is 6.16 Å². The van der Waals surface area contributed by atoms with E-state index in [0.29, 0.717) is 6.61 Å². The van der Waals surface area contributed by atoms with Crippen molar-refractivity contribution < 1.29 is 14.3 Å². The molecule has 0 rings (SSSR count). The molecule has 3 heteroatoms. The van der Waals surface area contributed by atoms with Crippen LogP contribution in [0.4, 0.5) is 4.79 Å². The number of hydrogen-bond donors (Lipinski definition) is 0. The van der Waals surface area contributed by atoms with Gasteiger partial charge in [-0.1, -0.05) is 39.5 Å². The van der Waals surface area contributed by atoms with Gasteiger partial charge in [-0.2, -0.15) is 0 Å². The first-order valence-electron chi connectivity index (χ1n) is 6.93. The standard InChI is InChI=1S/C14H28O3/c1-5-12(3)10-8-7-9-11-13(4)17-14(15)16-6-2/h12-13H,5-11H2,1-4H3/t12-,13-/m1/s1. The van der Waals surface area contributed by atoms with Gasteiger partial charge in [0.2, 0.25) is 0 Å². The molecule has 0 spiro atoms. The highest BCUT2D eigenvalue weighted by atomic mass is 16.7. The number of hydrogen-bond acceptors (Lipinski definition) is 3. The van der Waals surface area contributed by atoms with E-state index in [1.807, 2.05) is 6.92 Å². The Morgan fingerprint density at radius 2 is 1.71 bits per heavy atom. The molecule has 102 valence electrons. The second-order valence-electron chi connectivity index (χ2n) is 4.76. The lowest BCUT2D eigenvalue weighted by Crippen LogP contribution is -2.15. The fraction of sp³-hybridized carbons (Fsp3) is 0.929. The van der Waals surface area contributed by atoms with Crippen LogP contribution in [-0.2, 0) is 9.47 Å². The maximum absolute atomic E-state index is 11.0. The van der Waals surface area contributed by atoms with Crippen LogP contribution in [0.2, 0.25) is 0 Å². The Morgan fingerprint density at radius 1 is 1.06 bits per heavy atom. The van der Waals surface area contributed by atoms with Gasteiger partial charge in [-0.15, -0.1) is 0 Å². The summed E-state index contributed by atoms with van der Waals surface area (Å²) in [5, 5.41) is 0. The molecule has 0 bridgehead atoms. The van der Waals surface area contributed by atoms with Crippen molar-refractivity contribution in [2.75, 3.05) is 6.61 Å². The van der Waals surface area contributed by atoms with Gasteiger partial charge in [0, 0.05) is 0 Å². The Bertz CT molecular complexity index is 192. The van der Waals surface area contributed by atoms with Crippen molar-refractivity contribution in [1.29, 1.82) is 0 Å². The molecule has 17 heavy (non-hydrogen) atoms. The van der Waals surface area contributed by atoms with Crippen LogP contribution in [0, 0.1) is 5.92 Å². The van der Waals surface area contributed by atoms with Crippen molar-refractivity contribution in [3.63, 3.8) is 0 Å². The molecule has 0 heterocycles. The molecule has 0 amide bonds. The first-order valence-corrected chi connectivity index (χ1v) is 6.93. The van der Waals surface area contributed by atoms with Gasteiger partial charge in [0.1, 0.15) is 6.10 Å². The maximum Gasteiger partial charge on any atom is 0.508 e. The Kier molecular flexibility index (Phi) is 9.98. The molecular weight excluding hydrogens is 216 g/mol. The number of carbonyl (C=O) groups excluding carboxylic acids is 1. The molecule has 3 nitrogen and oxygen atoms in total. The summed E-state index contributed by atoms with van der Waals surface area (Å²) in [4.78, 5) is 11.0. The summed E-state index contributed by atoms with van der Waals surface area (Å²) in [5.74, 6) is 0.836. The molecular formula is C14H28O3. The van der Waals surface area contributed by atoms with Gasteiger partial charge in [0.15, 0.2) is 0 Å². The summed E-state index contributed by atoms with van der Waals surface area (Å²) in [6, 6.07) is 0. The van der Waals surface area contributed by atoms with E-state index in [-0.39, 0.29) is 6.10 Å². The van der Waals surface area contributed by atoms with Crippen molar-refractivity contribution in [2.24, 2.45) is 5.92 Å². The van der Waals surface area contributed by atoms with Crippen LogP contribution in [0.1, 0.15) is 66.2 Å². The van der Waals surface area contributed by atoms with Crippen LogP contribution in [-0.4, -0.2) is 18.9 Å². The van der Waals surface area contributed by atoms with Gasteiger partial charge >= 0.3 is 6.16 Å².